The molecule has 2 rings (SSSR count). The Morgan fingerprint density at radius 1 is 1.30 bits per heavy atom. The van der Waals surface area contributed by atoms with Gasteiger partial charge in [0, 0.05) is 18.1 Å². The lowest BCUT2D eigenvalue weighted by atomic mass is 9.83. The molecule has 0 aromatic heterocycles. The Labute approximate surface area is 128 Å². The zero-order valence-corrected chi connectivity index (χ0v) is 13.3. The Hall–Kier alpha value is -0.800. The third-order valence-electron chi connectivity index (χ3n) is 3.61. The summed E-state index contributed by atoms with van der Waals surface area (Å²) in [6.07, 6.45) is 1.03. The second kappa shape index (κ2) is 5.53. The number of halogens is 2. The molecule has 7 heteroatoms. The van der Waals surface area contributed by atoms with Crippen molar-refractivity contribution in [3.05, 3.63) is 28.2 Å². The molecule has 1 fully saturated rings. The van der Waals surface area contributed by atoms with Gasteiger partial charge in [0.1, 0.15) is 4.90 Å². The van der Waals surface area contributed by atoms with Crippen molar-refractivity contribution in [2.45, 2.75) is 24.7 Å². The molecule has 0 spiro atoms. The highest BCUT2D eigenvalue weighted by Crippen LogP contribution is 2.34. The van der Waals surface area contributed by atoms with Crippen molar-refractivity contribution >= 4 is 33.2 Å². The summed E-state index contributed by atoms with van der Waals surface area (Å²) in [5.74, 6) is 0. The van der Waals surface area contributed by atoms with Gasteiger partial charge in [0.15, 0.2) is 0 Å². The first-order valence-corrected chi connectivity index (χ1v) is 8.35. The molecule has 1 heterocycles. The Morgan fingerprint density at radius 3 is 2.45 bits per heavy atom. The quantitative estimate of drug-likeness (QED) is 0.834. The molecule has 1 aromatic carbocycles. The Morgan fingerprint density at radius 2 is 1.90 bits per heavy atom. The molecule has 1 aromatic rings. The van der Waals surface area contributed by atoms with Gasteiger partial charge in [0.25, 0.3) is 0 Å². The van der Waals surface area contributed by atoms with E-state index in [0.717, 1.165) is 0 Å². The molecule has 4 nitrogen and oxygen atoms in total. The van der Waals surface area contributed by atoms with Crippen LogP contribution in [0.2, 0.25) is 10.0 Å². The van der Waals surface area contributed by atoms with Crippen molar-refractivity contribution in [2.24, 2.45) is 5.41 Å². The molecule has 20 heavy (non-hydrogen) atoms. The molecule has 1 aliphatic rings. The minimum atomic E-state index is -3.67. The lowest BCUT2D eigenvalue weighted by Gasteiger charge is -2.34. The molecule has 0 bridgehead atoms. The molecule has 0 radical (unpaired) electrons. The van der Waals surface area contributed by atoms with E-state index in [4.69, 9.17) is 28.5 Å². The summed E-state index contributed by atoms with van der Waals surface area (Å²) in [7, 11) is -3.67. The van der Waals surface area contributed by atoms with Gasteiger partial charge in [-0.15, -0.1) is 0 Å². The maximum absolute atomic E-state index is 12.6. The number of nitriles is 1. The average molecular weight is 333 g/mol. The zero-order chi connectivity index (χ0) is 15.0. The van der Waals surface area contributed by atoms with Crippen LogP contribution < -0.4 is 0 Å². The minimum Gasteiger partial charge on any atom is -0.207 e. The Kier molecular flexibility index (Phi) is 4.31. The number of benzene rings is 1. The highest BCUT2D eigenvalue weighted by molar-refractivity contribution is 7.89. The molecular formula is C13H14Cl2N2O2S. The smallest absolute Gasteiger partial charge is 0.207 e. The molecule has 0 aliphatic carbocycles. The molecule has 0 amide bonds. The molecule has 0 N–H and O–H groups in total. The van der Waals surface area contributed by atoms with Gasteiger partial charge in [-0.05, 0) is 38.0 Å². The van der Waals surface area contributed by atoms with Crippen LogP contribution in [0.4, 0.5) is 0 Å². The third kappa shape index (κ3) is 2.94. The fraction of sp³-hybridized carbons (Fsp3) is 0.462. The van der Waals surface area contributed by atoms with Gasteiger partial charge in [0.2, 0.25) is 10.0 Å². The van der Waals surface area contributed by atoms with Gasteiger partial charge in [0.05, 0.1) is 16.5 Å². The van der Waals surface area contributed by atoms with E-state index in [1.165, 1.54) is 16.4 Å². The van der Waals surface area contributed by atoms with Crippen molar-refractivity contribution in [3.8, 4) is 6.07 Å². The lowest BCUT2D eigenvalue weighted by Crippen LogP contribution is -2.41. The molecule has 0 atom stereocenters. The van der Waals surface area contributed by atoms with Crippen molar-refractivity contribution in [3.63, 3.8) is 0 Å². The largest absolute Gasteiger partial charge is 0.244 e. The highest BCUT2D eigenvalue weighted by Gasteiger charge is 2.36. The first-order chi connectivity index (χ1) is 9.28. The predicted molar refractivity (Wildman–Crippen MR) is 78.2 cm³/mol. The van der Waals surface area contributed by atoms with E-state index in [2.05, 4.69) is 6.07 Å². The lowest BCUT2D eigenvalue weighted by molar-refractivity contribution is 0.232. The van der Waals surface area contributed by atoms with Crippen molar-refractivity contribution in [1.29, 1.82) is 5.26 Å². The van der Waals surface area contributed by atoms with E-state index in [0.29, 0.717) is 31.0 Å². The number of rotatable bonds is 2. The maximum atomic E-state index is 12.6. The van der Waals surface area contributed by atoms with E-state index in [9.17, 15) is 8.42 Å². The summed E-state index contributed by atoms with van der Waals surface area (Å²) < 4.78 is 26.5. The standard InChI is InChI=1S/C13H14Cl2N2O2S/c1-13(9-16)4-6-17(7-5-13)20(18,19)12-8-10(14)2-3-11(12)15/h2-3,8H,4-7H2,1H3. The molecule has 0 saturated carbocycles. The van der Waals surface area contributed by atoms with Crippen LogP contribution in [0.3, 0.4) is 0 Å². The molecule has 1 aliphatic heterocycles. The Bertz CT molecular complexity index is 659. The summed E-state index contributed by atoms with van der Waals surface area (Å²) in [4.78, 5) is 0.0206. The topological polar surface area (TPSA) is 61.2 Å². The first-order valence-electron chi connectivity index (χ1n) is 6.15. The number of hydrogen-bond acceptors (Lipinski definition) is 3. The van der Waals surface area contributed by atoms with E-state index >= 15 is 0 Å². The van der Waals surface area contributed by atoms with Crippen LogP contribution in [-0.2, 0) is 10.0 Å². The minimum absolute atomic E-state index is 0.0206. The highest BCUT2D eigenvalue weighted by atomic mass is 35.5. The monoisotopic (exact) mass is 332 g/mol. The summed E-state index contributed by atoms with van der Waals surface area (Å²) in [5.41, 5.74) is -0.454. The second-order valence-corrected chi connectivity index (χ2v) is 7.90. The fourth-order valence-corrected chi connectivity index (χ4v) is 4.32. The Balaban J connectivity index is 2.29. The van der Waals surface area contributed by atoms with Crippen molar-refractivity contribution in [2.75, 3.05) is 13.1 Å². The second-order valence-electron chi connectivity index (χ2n) is 5.15. The van der Waals surface area contributed by atoms with Crippen LogP contribution in [-0.4, -0.2) is 25.8 Å². The van der Waals surface area contributed by atoms with Gasteiger partial charge in [-0.3, -0.25) is 0 Å². The van der Waals surface area contributed by atoms with Gasteiger partial charge in [-0.25, -0.2) is 8.42 Å². The van der Waals surface area contributed by atoms with E-state index < -0.39 is 15.4 Å². The van der Waals surface area contributed by atoms with Gasteiger partial charge >= 0.3 is 0 Å². The van der Waals surface area contributed by atoms with E-state index in [-0.39, 0.29) is 9.92 Å². The first kappa shape index (κ1) is 15.6. The number of piperidine rings is 1. The maximum Gasteiger partial charge on any atom is 0.244 e. The fourth-order valence-electron chi connectivity index (χ4n) is 2.15. The van der Waals surface area contributed by atoms with Crippen molar-refractivity contribution in [1.82, 2.24) is 4.31 Å². The molecule has 1 saturated heterocycles. The van der Waals surface area contributed by atoms with Gasteiger partial charge in [-0.1, -0.05) is 23.2 Å². The molecule has 108 valence electrons. The number of hydrogen-bond donors (Lipinski definition) is 0. The van der Waals surface area contributed by atoms with Crippen LogP contribution in [0.5, 0.6) is 0 Å². The van der Waals surface area contributed by atoms with Crippen LogP contribution in [0.15, 0.2) is 23.1 Å². The van der Waals surface area contributed by atoms with Gasteiger partial charge < -0.3 is 0 Å². The normalized spacial score (nSPS) is 19.5. The number of nitrogens with zero attached hydrogens (tertiary/aromatic N) is 2. The summed E-state index contributed by atoms with van der Waals surface area (Å²) in [6.45, 7) is 2.48. The summed E-state index contributed by atoms with van der Waals surface area (Å²) in [5, 5.41) is 9.56. The molecule has 0 unspecified atom stereocenters. The van der Waals surface area contributed by atoms with Crippen LogP contribution >= 0.6 is 23.2 Å². The zero-order valence-electron chi connectivity index (χ0n) is 10.9. The average Bonchev–Trinajstić information content (AvgIpc) is 2.42. The summed E-state index contributed by atoms with van der Waals surface area (Å²) >= 11 is 11.8. The van der Waals surface area contributed by atoms with E-state index in [1.54, 1.807) is 6.07 Å². The number of sulfonamides is 1. The molecular weight excluding hydrogens is 319 g/mol. The van der Waals surface area contributed by atoms with Crippen LogP contribution in [0, 0.1) is 16.7 Å². The van der Waals surface area contributed by atoms with Gasteiger partial charge in [-0.2, -0.15) is 9.57 Å². The third-order valence-corrected chi connectivity index (χ3v) is 6.22. The van der Waals surface area contributed by atoms with E-state index in [1.807, 2.05) is 6.92 Å². The van der Waals surface area contributed by atoms with Crippen LogP contribution in [0.25, 0.3) is 0 Å². The van der Waals surface area contributed by atoms with Crippen LogP contribution in [0.1, 0.15) is 19.8 Å². The van der Waals surface area contributed by atoms with Crippen molar-refractivity contribution < 1.29 is 8.42 Å². The summed E-state index contributed by atoms with van der Waals surface area (Å²) in [6, 6.07) is 6.62. The predicted octanol–water partition coefficient (Wildman–Crippen LogP) is 3.31. The SMILES string of the molecule is CC1(C#N)CCN(S(=O)(=O)c2cc(Cl)ccc2Cl)CC1.